The molecule has 1 amide bonds. The number of thiophene rings is 1. The first-order valence-corrected chi connectivity index (χ1v) is 8.98. The highest BCUT2D eigenvalue weighted by Gasteiger charge is 2.12. The van der Waals surface area contributed by atoms with Crippen LogP contribution in [0.5, 0.6) is 0 Å². The first-order valence-electron chi connectivity index (χ1n) is 8.17. The fourth-order valence-corrected chi connectivity index (χ4v) is 3.53. The number of fused-ring (bicyclic) bond motifs is 1. The van der Waals surface area contributed by atoms with Crippen molar-refractivity contribution in [3.63, 3.8) is 0 Å². The number of carbonyl (C=O) groups is 1. The van der Waals surface area contributed by atoms with Crippen molar-refractivity contribution in [3.05, 3.63) is 63.0 Å². The van der Waals surface area contributed by atoms with E-state index in [1.165, 1.54) is 40.4 Å². The van der Waals surface area contributed by atoms with E-state index in [9.17, 15) is 18.4 Å². The second-order valence-electron chi connectivity index (χ2n) is 5.76. The number of hydrogen-bond donors (Lipinski definition) is 1. The molecule has 3 rings (SSSR count). The second kappa shape index (κ2) is 7.74. The average Bonchev–Trinajstić information content (AvgIpc) is 3.04. The minimum atomic E-state index is -0.644. The van der Waals surface area contributed by atoms with Crippen LogP contribution >= 0.6 is 11.3 Å². The summed E-state index contributed by atoms with van der Waals surface area (Å²) in [5.74, 6) is -1.71. The van der Waals surface area contributed by atoms with E-state index in [-0.39, 0.29) is 30.6 Å². The molecule has 0 saturated heterocycles. The van der Waals surface area contributed by atoms with E-state index in [1.807, 2.05) is 6.92 Å². The summed E-state index contributed by atoms with van der Waals surface area (Å²) in [6.45, 7) is 1.87. The number of halogens is 2. The lowest BCUT2D eigenvalue weighted by molar-refractivity contribution is -0.121. The highest BCUT2D eigenvalue weighted by Crippen LogP contribution is 2.20. The monoisotopic (exact) mass is 377 g/mol. The molecule has 26 heavy (non-hydrogen) atoms. The number of hydrogen-bond acceptors (Lipinski definition) is 4. The number of nitrogens with one attached hydrogen (secondary N) is 1. The quantitative estimate of drug-likeness (QED) is 0.718. The molecule has 0 aliphatic heterocycles. The molecule has 3 aromatic rings. The first-order chi connectivity index (χ1) is 12.5. The van der Waals surface area contributed by atoms with Crippen molar-refractivity contribution in [2.45, 2.75) is 26.3 Å². The van der Waals surface area contributed by atoms with Gasteiger partial charge in [0.2, 0.25) is 5.91 Å². The molecule has 8 heteroatoms. The number of rotatable bonds is 6. The lowest BCUT2D eigenvalue weighted by Gasteiger charge is -2.08. The molecule has 0 spiro atoms. The van der Waals surface area contributed by atoms with Crippen LogP contribution in [0.4, 0.5) is 8.78 Å². The Balaban J connectivity index is 1.64. The largest absolute Gasteiger partial charge is 0.354 e. The SMILES string of the molecule is CCc1cc2c(=O)n(CC(=O)NCCc3c(F)cccc3F)cnc2s1. The van der Waals surface area contributed by atoms with Gasteiger partial charge in [-0.15, -0.1) is 11.3 Å². The Hall–Kier alpha value is -2.61. The number of amides is 1. The van der Waals surface area contributed by atoms with Crippen LogP contribution in [0.2, 0.25) is 0 Å². The van der Waals surface area contributed by atoms with Gasteiger partial charge in [-0.1, -0.05) is 13.0 Å². The van der Waals surface area contributed by atoms with Crippen molar-refractivity contribution >= 4 is 27.5 Å². The molecule has 0 unspecified atom stereocenters. The number of benzene rings is 1. The summed E-state index contributed by atoms with van der Waals surface area (Å²) in [6.07, 6.45) is 2.19. The Labute approximate surface area is 152 Å². The Bertz CT molecular complexity index is 993. The van der Waals surface area contributed by atoms with Crippen LogP contribution in [0.25, 0.3) is 10.2 Å². The van der Waals surface area contributed by atoms with E-state index in [4.69, 9.17) is 0 Å². The standard InChI is InChI=1S/C18H17F2N3O2S/c1-2-11-8-13-17(26-11)22-10-23(18(13)25)9-16(24)21-7-6-12-14(19)4-3-5-15(12)20/h3-5,8,10H,2,6-7,9H2,1H3,(H,21,24). The summed E-state index contributed by atoms with van der Waals surface area (Å²) in [5.41, 5.74) is -0.348. The third-order valence-corrected chi connectivity index (χ3v) is 5.18. The summed E-state index contributed by atoms with van der Waals surface area (Å²) in [7, 11) is 0. The summed E-state index contributed by atoms with van der Waals surface area (Å²) in [4.78, 5) is 30.4. The fourth-order valence-electron chi connectivity index (χ4n) is 2.61. The molecule has 0 atom stereocenters. The lowest BCUT2D eigenvalue weighted by Crippen LogP contribution is -2.33. The fraction of sp³-hybridized carbons (Fsp3) is 0.278. The van der Waals surface area contributed by atoms with E-state index in [0.29, 0.717) is 10.2 Å². The third-order valence-electron chi connectivity index (χ3n) is 3.99. The van der Waals surface area contributed by atoms with Crippen molar-refractivity contribution in [1.29, 1.82) is 0 Å². The van der Waals surface area contributed by atoms with Gasteiger partial charge in [-0.05, 0) is 31.0 Å². The molecule has 136 valence electrons. The maximum absolute atomic E-state index is 13.5. The van der Waals surface area contributed by atoms with Crippen LogP contribution in [-0.2, 0) is 24.2 Å². The molecular formula is C18H17F2N3O2S. The van der Waals surface area contributed by atoms with E-state index in [1.54, 1.807) is 6.07 Å². The predicted octanol–water partition coefficient (Wildman–Crippen LogP) is 2.66. The van der Waals surface area contributed by atoms with Gasteiger partial charge in [0.05, 0.1) is 11.7 Å². The van der Waals surface area contributed by atoms with Gasteiger partial charge >= 0.3 is 0 Å². The Morgan fingerprint density at radius 1 is 1.31 bits per heavy atom. The van der Waals surface area contributed by atoms with Gasteiger partial charge in [0.25, 0.3) is 5.56 Å². The molecule has 0 aliphatic carbocycles. The third kappa shape index (κ3) is 3.80. The zero-order valence-corrected chi connectivity index (χ0v) is 14.9. The van der Waals surface area contributed by atoms with Gasteiger partial charge in [0, 0.05) is 17.0 Å². The first kappa shape index (κ1) is 18.2. The van der Waals surface area contributed by atoms with Crippen molar-refractivity contribution in [1.82, 2.24) is 14.9 Å². The van der Waals surface area contributed by atoms with E-state index >= 15 is 0 Å². The maximum Gasteiger partial charge on any atom is 0.262 e. The lowest BCUT2D eigenvalue weighted by atomic mass is 10.1. The predicted molar refractivity (Wildman–Crippen MR) is 96.3 cm³/mol. The minimum Gasteiger partial charge on any atom is -0.354 e. The molecule has 0 bridgehead atoms. The van der Waals surface area contributed by atoms with Crippen LogP contribution in [0.3, 0.4) is 0 Å². The molecule has 1 aromatic carbocycles. The molecule has 0 fully saturated rings. The van der Waals surface area contributed by atoms with Gasteiger partial charge in [-0.25, -0.2) is 13.8 Å². The Morgan fingerprint density at radius 3 is 2.73 bits per heavy atom. The molecule has 2 heterocycles. The zero-order valence-electron chi connectivity index (χ0n) is 14.1. The number of aryl methyl sites for hydroxylation is 1. The Morgan fingerprint density at radius 2 is 2.04 bits per heavy atom. The topological polar surface area (TPSA) is 64.0 Å². The van der Waals surface area contributed by atoms with Gasteiger partial charge in [0.15, 0.2) is 0 Å². The maximum atomic E-state index is 13.5. The Kier molecular flexibility index (Phi) is 5.41. The molecule has 0 saturated carbocycles. The summed E-state index contributed by atoms with van der Waals surface area (Å²) < 4.78 is 28.3. The van der Waals surface area contributed by atoms with Crippen molar-refractivity contribution in [2.24, 2.45) is 0 Å². The molecule has 0 radical (unpaired) electrons. The van der Waals surface area contributed by atoms with Gasteiger partial charge in [-0.3, -0.25) is 14.2 Å². The second-order valence-corrected chi connectivity index (χ2v) is 6.88. The van der Waals surface area contributed by atoms with E-state index < -0.39 is 17.5 Å². The van der Waals surface area contributed by atoms with E-state index in [2.05, 4.69) is 10.3 Å². The van der Waals surface area contributed by atoms with Crippen LogP contribution in [-0.4, -0.2) is 22.0 Å². The highest BCUT2D eigenvalue weighted by molar-refractivity contribution is 7.18. The van der Waals surface area contributed by atoms with Gasteiger partial charge < -0.3 is 5.32 Å². The highest BCUT2D eigenvalue weighted by atomic mass is 32.1. The van der Waals surface area contributed by atoms with Crippen LogP contribution in [0.15, 0.2) is 35.4 Å². The van der Waals surface area contributed by atoms with Crippen LogP contribution in [0, 0.1) is 11.6 Å². The normalized spacial score (nSPS) is 11.0. The van der Waals surface area contributed by atoms with Crippen LogP contribution in [0.1, 0.15) is 17.4 Å². The minimum absolute atomic E-state index is 0.0286. The van der Waals surface area contributed by atoms with Gasteiger partial charge in [-0.2, -0.15) is 0 Å². The molecule has 5 nitrogen and oxygen atoms in total. The molecule has 1 N–H and O–H groups in total. The zero-order chi connectivity index (χ0) is 18.7. The van der Waals surface area contributed by atoms with Crippen LogP contribution < -0.4 is 10.9 Å². The van der Waals surface area contributed by atoms with Crippen molar-refractivity contribution < 1.29 is 13.6 Å². The average molecular weight is 377 g/mol. The number of nitrogens with zero attached hydrogens (tertiary/aromatic N) is 2. The summed E-state index contributed by atoms with van der Waals surface area (Å²) in [5, 5.41) is 3.06. The molecule has 2 aromatic heterocycles. The van der Waals surface area contributed by atoms with Gasteiger partial charge in [0.1, 0.15) is 23.0 Å². The van der Waals surface area contributed by atoms with E-state index in [0.717, 1.165) is 11.3 Å². The van der Waals surface area contributed by atoms with Crippen molar-refractivity contribution in [2.75, 3.05) is 6.54 Å². The number of carbonyl (C=O) groups excluding carboxylic acids is 1. The smallest absolute Gasteiger partial charge is 0.262 e. The molecule has 0 aliphatic rings. The summed E-state index contributed by atoms with van der Waals surface area (Å²) in [6, 6.07) is 5.43. The summed E-state index contributed by atoms with van der Waals surface area (Å²) >= 11 is 1.46. The number of aromatic nitrogens is 2. The van der Waals surface area contributed by atoms with Crippen molar-refractivity contribution in [3.8, 4) is 0 Å². The molecular weight excluding hydrogens is 360 g/mol.